The molecule has 1 N–H and O–H groups in total. The number of amides is 1. The number of ether oxygens (including phenoxy) is 2. The van der Waals surface area contributed by atoms with Crippen LogP contribution in [-0.2, 0) is 9.47 Å². The van der Waals surface area contributed by atoms with Gasteiger partial charge in [-0.1, -0.05) is 0 Å². The van der Waals surface area contributed by atoms with Crippen molar-refractivity contribution in [1.29, 1.82) is 0 Å². The van der Waals surface area contributed by atoms with E-state index in [1.54, 1.807) is 0 Å². The van der Waals surface area contributed by atoms with E-state index in [0.717, 1.165) is 19.7 Å². The third-order valence-electron chi connectivity index (χ3n) is 2.08. The van der Waals surface area contributed by atoms with E-state index in [1.165, 1.54) is 0 Å². The van der Waals surface area contributed by atoms with E-state index in [-0.39, 0.29) is 6.09 Å². The van der Waals surface area contributed by atoms with Crippen molar-refractivity contribution in [2.75, 3.05) is 33.3 Å². The fourth-order valence-electron chi connectivity index (χ4n) is 1.28. The molecule has 0 unspecified atom stereocenters. The van der Waals surface area contributed by atoms with Crippen molar-refractivity contribution in [3.05, 3.63) is 0 Å². The van der Waals surface area contributed by atoms with Gasteiger partial charge >= 0.3 is 6.09 Å². The Kier molecular flexibility index (Phi) is 4.56. The van der Waals surface area contributed by atoms with Crippen LogP contribution >= 0.6 is 0 Å². The van der Waals surface area contributed by atoms with Gasteiger partial charge in [0.05, 0.1) is 12.7 Å². The van der Waals surface area contributed by atoms with Crippen molar-refractivity contribution in [3.8, 4) is 0 Å². The van der Waals surface area contributed by atoms with Crippen molar-refractivity contribution < 1.29 is 14.3 Å². The largest absolute Gasteiger partial charge is 0.444 e. The summed E-state index contributed by atoms with van der Waals surface area (Å²) >= 11 is 0. The maximum absolute atomic E-state index is 11.3. The molecule has 1 saturated heterocycles. The third kappa shape index (κ3) is 6.63. The normalized spacial score (nSPS) is 19.7. The zero-order chi connectivity index (χ0) is 12.2. The van der Waals surface area contributed by atoms with Crippen LogP contribution in [0.15, 0.2) is 0 Å². The van der Waals surface area contributed by atoms with E-state index in [2.05, 4.69) is 10.2 Å². The van der Waals surface area contributed by atoms with Gasteiger partial charge < -0.3 is 19.7 Å². The predicted molar refractivity (Wildman–Crippen MR) is 61.5 cm³/mol. The van der Waals surface area contributed by atoms with Gasteiger partial charge in [0, 0.05) is 19.6 Å². The minimum Gasteiger partial charge on any atom is -0.444 e. The van der Waals surface area contributed by atoms with Crippen LogP contribution in [-0.4, -0.2) is 56.0 Å². The summed E-state index contributed by atoms with van der Waals surface area (Å²) in [5, 5.41) is 2.72. The Balaban J connectivity index is 2.02. The second kappa shape index (κ2) is 5.50. The summed E-state index contributed by atoms with van der Waals surface area (Å²) < 4.78 is 10.2. The van der Waals surface area contributed by atoms with Crippen LogP contribution in [0.1, 0.15) is 20.8 Å². The zero-order valence-electron chi connectivity index (χ0n) is 10.6. The van der Waals surface area contributed by atoms with Crippen molar-refractivity contribution in [2.24, 2.45) is 0 Å². The highest BCUT2D eigenvalue weighted by Gasteiger charge is 2.23. The smallest absolute Gasteiger partial charge is 0.407 e. The fraction of sp³-hybridized carbons (Fsp3) is 0.909. The first-order chi connectivity index (χ1) is 7.37. The summed E-state index contributed by atoms with van der Waals surface area (Å²) in [6.45, 7) is 8.74. The number of rotatable bonds is 5. The van der Waals surface area contributed by atoms with Crippen LogP contribution in [0.2, 0.25) is 0 Å². The maximum atomic E-state index is 11.3. The van der Waals surface area contributed by atoms with Crippen molar-refractivity contribution in [2.45, 2.75) is 32.5 Å². The molecule has 0 saturated carbocycles. The maximum Gasteiger partial charge on any atom is 0.407 e. The number of nitrogens with zero attached hydrogens (tertiary/aromatic N) is 1. The molecular formula is C11H22N2O3. The Labute approximate surface area is 97.1 Å². The molecule has 1 atom stereocenters. The Morgan fingerprint density at radius 2 is 2.19 bits per heavy atom. The molecule has 1 fully saturated rings. The quantitative estimate of drug-likeness (QED) is 0.711. The molecular weight excluding hydrogens is 208 g/mol. The van der Waals surface area contributed by atoms with Crippen LogP contribution in [0.5, 0.6) is 0 Å². The lowest BCUT2D eigenvalue weighted by Crippen LogP contribution is -2.37. The molecule has 94 valence electrons. The Bertz CT molecular complexity index is 234. The number of nitrogens with one attached hydrogen (secondary N) is 1. The number of hydrogen-bond acceptors (Lipinski definition) is 4. The molecule has 1 rings (SSSR count). The highest BCUT2D eigenvalue weighted by Crippen LogP contribution is 2.09. The number of likely N-dealkylation sites (N-methyl/N-ethyl adjacent to an activating group) is 1. The van der Waals surface area contributed by atoms with Gasteiger partial charge in [0.25, 0.3) is 0 Å². The van der Waals surface area contributed by atoms with Gasteiger partial charge in [0.15, 0.2) is 0 Å². The minimum absolute atomic E-state index is 0.358. The molecule has 16 heavy (non-hydrogen) atoms. The van der Waals surface area contributed by atoms with Crippen LogP contribution < -0.4 is 5.32 Å². The second-order valence-electron chi connectivity index (χ2n) is 5.15. The summed E-state index contributed by atoms with van der Waals surface area (Å²) in [5.74, 6) is 0. The van der Waals surface area contributed by atoms with Crippen molar-refractivity contribution in [1.82, 2.24) is 10.2 Å². The summed E-state index contributed by atoms with van der Waals surface area (Å²) in [5.41, 5.74) is -0.433. The summed E-state index contributed by atoms with van der Waals surface area (Å²) in [6.07, 6.45) is 0.0371. The van der Waals surface area contributed by atoms with Crippen LogP contribution in [0.4, 0.5) is 4.79 Å². The molecule has 0 aromatic heterocycles. The lowest BCUT2D eigenvalue weighted by molar-refractivity contribution is 0.0523. The summed E-state index contributed by atoms with van der Waals surface area (Å²) in [6, 6.07) is 0. The van der Waals surface area contributed by atoms with Gasteiger partial charge in [0.1, 0.15) is 5.60 Å². The molecule has 1 aliphatic rings. The van der Waals surface area contributed by atoms with Gasteiger partial charge in [-0.3, -0.25) is 0 Å². The van der Waals surface area contributed by atoms with E-state index < -0.39 is 5.60 Å². The van der Waals surface area contributed by atoms with Gasteiger partial charge in [-0.2, -0.15) is 0 Å². The van der Waals surface area contributed by atoms with Gasteiger partial charge in [-0.15, -0.1) is 0 Å². The molecule has 0 aromatic rings. The minimum atomic E-state index is -0.433. The molecule has 0 aromatic carbocycles. The Morgan fingerprint density at radius 3 is 2.69 bits per heavy atom. The number of epoxide rings is 1. The van der Waals surface area contributed by atoms with Gasteiger partial charge in [-0.25, -0.2) is 4.79 Å². The Morgan fingerprint density at radius 1 is 1.56 bits per heavy atom. The predicted octanol–water partition coefficient (Wildman–Crippen LogP) is 0.842. The standard InChI is InChI=1S/C11H22N2O3/c1-11(2,3)16-10(14)12-5-6-13(4)7-9-8-15-9/h9H,5-8H2,1-4H3,(H,12,14)/t9-/m0/s1. The summed E-state index contributed by atoms with van der Waals surface area (Å²) in [4.78, 5) is 13.4. The Hall–Kier alpha value is -0.810. The number of carbonyl (C=O) groups is 1. The lowest BCUT2D eigenvalue weighted by atomic mass is 10.2. The van der Waals surface area contributed by atoms with Crippen molar-refractivity contribution in [3.63, 3.8) is 0 Å². The lowest BCUT2D eigenvalue weighted by Gasteiger charge is -2.20. The number of hydrogen-bond donors (Lipinski definition) is 1. The molecule has 1 amide bonds. The van der Waals surface area contributed by atoms with E-state index in [9.17, 15) is 4.79 Å². The number of alkyl carbamates (subject to hydrolysis) is 1. The number of carbonyl (C=O) groups excluding carboxylic acids is 1. The average molecular weight is 230 g/mol. The molecule has 1 aliphatic heterocycles. The third-order valence-corrected chi connectivity index (χ3v) is 2.08. The highest BCUT2D eigenvalue weighted by atomic mass is 16.6. The van der Waals surface area contributed by atoms with E-state index in [4.69, 9.17) is 9.47 Å². The SMILES string of the molecule is CN(CCNC(=O)OC(C)(C)C)C[C@H]1CO1. The highest BCUT2D eigenvalue weighted by molar-refractivity contribution is 5.67. The molecule has 5 heteroatoms. The molecule has 0 bridgehead atoms. The molecule has 0 spiro atoms. The monoisotopic (exact) mass is 230 g/mol. The molecule has 1 heterocycles. The molecule has 0 radical (unpaired) electrons. The van der Waals surface area contributed by atoms with E-state index in [0.29, 0.717) is 12.6 Å². The van der Waals surface area contributed by atoms with E-state index in [1.807, 2.05) is 27.8 Å². The van der Waals surface area contributed by atoms with Crippen LogP contribution in [0, 0.1) is 0 Å². The van der Waals surface area contributed by atoms with Crippen molar-refractivity contribution >= 4 is 6.09 Å². The second-order valence-corrected chi connectivity index (χ2v) is 5.15. The van der Waals surface area contributed by atoms with Crippen LogP contribution in [0.3, 0.4) is 0 Å². The zero-order valence-corrected chi connectivity index (χ0v) is 10.6. The van der Waals surface area contributed by atoms with Crippen LogP contribution in [0.25, 0.3) is 0 Å². The first-order valence-corrected chi connectivity index (χ1v) is 5.64. The van der Waals surface area contributed by atoms with E-state index >= 15 is 0 Å². The topological polar surface area (TPSA) is 54.1 Å². The average Bonchev–Trinajstić information content (AvgIpc) is 2.84. The van der Waals surface area contributed by atoms with Gasteiger partial charge in [-0.05, 0) is 27.8 Å². The summed E-state index contributed by atoms with van der Waals surface area (Å²) in [7, 11) is 2.01. The van der Waals surface area contributed by atoms with Gasteiger partial charge in [0.2, 0.25) is 0 Å². The molecule has 0 aliphatic carbocycles. The fourth-order valence-corrected chi connectivity index (χ4v) is 1.28. The molecule has 5 nitrogen and oxygen atoms in total. The first-order valence-electron chi connectivity index (χ1n) is 5.64. The first kappa shape index (κ1) is 13.3.